The quantitative estimate of drug-likeness (QED) is 0.938. The molecule has 0 bridgehead atoms. The molecule has 0 spiro atoms. The van der Waals surface area contributed by atoms with Crippen molar-refractivity contribution in [3.8, 4) is 0 Å². The third kappa shape index (κ3) is 2.94. The Morgan fingerprint density at radius 1 is 1.40 bits per heavy atom. The van der Waals surface area contributed by atoms with Crippen LogP contribution in [0.25, 0.3) is 0 Å². The molecule has 1 aromatic carbocycles. The van der Waals surface area contributed by atoms with E-state index in [9.17, 15) is 4.79 Å². The van der Waals surface area contributed by atoms with Crippen molar-refractivity contribution in [2.75, 3.05) is 0 Å². The normalized spacial score (nSPS) is 11.1. The van der Waals surface area contributed by atoms with E-state index in [0.717, 1.165) is 5.56 Å². The fourth-order valence-electron chi connectivity index (χ4n) is 1.97. The van der Waals surface area contributed by atoms with Crippen molar-refractivity contribution in [3.63, 3.8) is 0 Å². The van der Waals surface area contributed by atoms with Crippen LogP contribution in [-0.4, -0.2) is 26.1 Å². The predicted octanol–water partition coefficient (Wildman–Crippen LogP) is 3.45. The lowest BCUT2D eigenvalue weighted by molar-refractivity contribution is 0.0688. The Morgan fingerprint density at radius 2 is 2.10 bits per heavy atom. The number of aromatic carboxylic acids is 1. The van der Waals surface area contributed by atoms with Gasteiger partial charge in [-0.25, -0.2) is 9.48 Å². The number of aromatic nitrogens is 3. The van der Waals surface area contributed by atoms with Gasteiger partial charge >= 0.3 is 5.97 Å². The highest BCUT2D eigenvalue weighted by Crippen LogP contribution is 2.24. The highest BCUT2D eigenvalue weighted by atomic mass is 35.5. The highest BCUT2D eigenvalue weighted by Gasteiger charge is 2.21. The van der Waals surface area contributed by atoms with Crippen LogP contribution in [0.2, 0.25) is 10.0 Å². The molecule has 0 amide bonds. The van der Waals surface area contributed by atoms with Crippen LogP contribution in [0.4, 0.5) is 0 Å². The summed E-state index contributed by atoms with van der Waals surface area (Å²) in [5, 5.41) is 17.8. The second kappa shape index (κ2) is 5.81. The smallest absolute Gasteiger partial charge is 0.358 e. The van der Waals surface area contributed by atoms with E-state index in [4.69, 9.17) is 28.3 Å². The Labute approximate surface area is 126 Å². The molecule has 0 saturated heterocycles. The first-order valence-corrected chi connectivity index (χ1v) is 6.76. The van der Waals surface area contributed by atoms with E-state index >= 15 is 0 Å². The Morgan fingerprint density at radius 3 is 2.65 bits per heavy atom. The van der Waals surface area contributed by atoms with Crippen LogP contribution in [0.3, 0.4) is 0 Å². The van der Waals surface area contributed by atoms with E-state index in [1.54, 1.807) is 22.9 Å². The van der Waals surface area contributed by atoms with Gasteiger partial charge in [-0.3, -0.25) is 0 Å². The summed E-state index contributed by atoms with van der Waals surface area (Å²) in [6.45, 7) is 4.14. The molecule has 20 heavy (non-hydrogen) atoms. The first-order chi connectivity index (χ1) is 9.40. The van der Waals surface area contributed by atoms with Gasteiger partial charge in [0.15, 0.2) is 5.69 Å². The maximum absolute atomic E-state index is 11.1. The summed E-state index contributed by atoms with van der Waals surface area (Å²) in [4.78, 5) is 11.1. The number of carboxylic acids is 1. The van der Waals surface area contributed by atoms with Crippen molar-refractivity contribution < 1.29 is 9.90 Å². The minimum atomic E-state index is -1.08. The summed E-state index contributed by atoms with van der Waals surface area (Å²) >= 11 is 12.0. The maximum atomic E-state index is 11.1. The van der Waals surface area contributed by atoms with Crippen LogP contribution >= 0.6 is 23.2 Å². The number of hydrogen-bond donors (Lipinski definition) is 1. The molecule has 0 aliphatic carbocycles. The third-order valence-electron chi connectivity index (χ3n) is 2.86. The molecule has 0 atom stereocenters. The molecular weight excluding hydrogens is 301 g/mol. The summed E-state index contributed by atoms with van der Waals surface area (Å²) in [5.41, 5.74) is 1.36. The van der Waals surface area contributed by atoms with Crippen molar-refractivity contribution in [1.82, 2.24) is 15.0 Å². The molecule has 0 aliphatic heterocycles. The number of hydrogen-bond acceptors (Lipinski definition) is 3. The SMILES string of the molecule is CC(C)c1c(C(=O)O)nnn1Cc1ccc(Cl)cc1Cl. The van der Waals surface area contributed by atoms with Gasteiger partial charge < -0.3 is 5.11 Å². The molecule has 7 heteroatoms. The van der Waals surface area contributed by atoms with E-state index in [1.807, 2.05) is 13.8 Å². The van der Waals surface area contributed by atoms with E-state index in [2.05, 4.69) is 10.3 Å². The van der Waals surface area contributed by atoms with Crippen molar-refractivity contribution in [2.24, 2.45) is 0 Å². The second-order valence-electron chi connectivity index (χ2n) is 4.68. The Bertz CT molecular complexity index is 653. The van der Waals surface area contributed by atoms with Gasteiger partial charge in [0.25, 0.3) is 0 Å². The Hall–Kier alpha value is -1.59. The van der Waals surface area contributed by atoms with Crippen molar-refractivity contribution >= 4 is 29.2 Å². The maximum Gasteiger partial charge on any atom is 0.358 e. The summed E-state index contributed by atoms with van der Waals surface area (Å²) in [7, 11) is 0. The molecule has 2 aromatic rings. The monoisotopic (exact) mass is 313 g/mol. The average molecular weight is 314 g/mol. The molecule has 1 N–H and O–H groups in total. The van der Waals surface area contributed by atoms with Crippen LogP contribution in [-0.2, 0) is 6.54 Å². The van der Waals surface area contributed by atoms with Gasteiger partial charge in [-0.2, -0.15) is 0 Å². The van der Waals surface area contributed by atoms with E-state index < -0.39 is 5.97 Å². The number of benzene rings is 1. The predicted molar refractivity (Wildman–Crippen MR) is 76.6 cm³/mol. The zero-order chi connectivity index (χ0) is 14.9. The van der Waals surface area contributed by atoms with Crippen molar-refractivity contribution in [2.45, 2.75) is 26.3 Å². The molecule has 0 saturated carbocycles. The molecule has 0 fully saturated rings. The summed E-state index contributed by atoms with van der Waals surface area (Å²) in [6, 6.07) is 5.16. The van der Waals surface area contributed by atoms with Crippen LogP contribution < -0.4 is 0 Å². The average Bonchev–Trinajstić information content (AvgIpc) is 2.76. The first-order valence-electron chi connectivity index (χ1n) is 6.00. The van der Waals surface area contributed by atoms with Crippen LogP contribution in [0.1, 0.15) is 41.5 Å². The van der Waals surface area contributed by atoms with Gasteiger partial charge in [0.1, 0.15) is 0 Å². The van der Waals surface area contributed by atoms with E-state index in [1.165, 1.54) is 0 Å². The zero-order valence-corrected chi connectivity index (χ0v) is 12.5. The fraction of sp³-hybridized carbons (Fsp3) is 0.308. The minimum Gasteiger partial charge on any atom is -0.476 e. The van der Waals surface area contributed by atoms with Crippen LogP contribution in [0.15, 0.2) is 18.2 Å². The third-order valence-corrected chi connectivity index (χ3v) is 3.45. The molecule has 1 heterocycles. The standard InChI is InChI=1S/C13H13Cl2N3O2/c1-7(2)12-11(13(19)20)16-17-18(12)6-8-3-4-9(14)5-10(8)15/h3-5,7H,6H2,1-2H3,(H,19,20). The number of carboxylic acid groups (broad SMARTS) is 1. The first kappa shape index (κ1) is 14.8. The molecule has 2 rings (SSSR count). The van der Waals surface area contributed by atoms with Gasteiger partial charge in [0.2, 0.25) is 0 Å². The van der Waals surface area contributed by atoms with Gasteiger partial charge in [-0.05, 0) is 23.6 Å². The zero-order valence-electron chi connectivity index (χ0n) is 11.0. The number of rotatable bonds is 4. The topological polar surface area (TPSA) is 68.0 Å². The molecule has 106 valence electrons. The molecule has 1 aromatic heterocycles. The fourth-order valence-corrected chi connectivity index (χ4v) is 2.44. The van der Waals surface area contributed by atoms with E-state index in [0.29, 0.717) is 22.3 Å². The van der Waals surface area contributed by atoms with Crippen LogP contribution in [0, 0.1) is 0 Å². The Balaban J connectivity index is 2.41. The molecule has 0 unspecified atom stereocenters. The Kier molecular flexibility index (Phi) is 4.30. The summed E-state index contributed by atoms with van der Waals surface area (Å²) in [6.07, 6.45) is 0. The van der Waals surface area contributed by atoms with Gasteiger partial charge in [-0.15, -0.1) is 5.10 Å². The number of halogens is 2. The summed E-state index contributed by atoms with van der Waals surface area (Å²) in [5.74, 6) is -1.09. The summed E-state index contributed by atoms with van der Waals surface area (Å²) < 4.78 is 1.56. The van der Waals surface area contributed by atoms with Gasteiger partial charge in [-0.1, -0.05) is 48.3 Å². The molecule has 0 radical (unpaired) electrons. The van der Waals surface area contributed by atoms with E-state index in [-0.39, 0.29) is 11.6 Å². The molecular formula is C13H13Cl2N3O2. The van der Waals surface area contributed by atoms with Crippen molar-refractivity contribution in [3.05, 3.63) is 45.2 Å². The lowest BCUT2D eigenvalue weighted by atomic mass is 10.1. The molecule has 5 nitrogen and oxygen atoms in total. The lowest BCUT2D eigenvalue weighted by Crippen LogP contribution is -2.11. The number of nitrogens with zero attached hydrogens (tertiary/aromatic N) is 3. The number of carbonyl (C=O) groups is 1. The lowest BCUT2D eigenvalue weighted by Gasteiger charge is -2.11. The highest BCUT2D eigenvalue weighted by molar-refractivity contribution is 6.35. The second-order valence-corrected chi connectivity index (χ2v) is 5.52. The van der Waals surface area contributed by atoms with Crippen molar-refractivity contribution in [1.29, 1.82) is 0 Å². The largest absolute Gasteiger partial charge is 0.476 e. The van der Waals surface area contributed by atoms with Crippen LogP contribution in [0.5, 0.6) is 0 Å². The molecule has 0 aliphatic rings. The van der Waals surface area contributed by atoms with Gasteiger partial charge in [0.05, 0.1) is 12.2 Å². The van der Waals surface area contributed by atoms with Gasteiger partial charge in [0, 0.05) is 10.0 Å². The minimum absolute atomic E-state index is 0.0119.